The second kappa shape index (κ2) is 6.08. The minimum Gasteiger partial charge on any atom is -0.508 e. The second-order valence-corrected chi connectivity index (χ2v) is 5.17. The molecular formula is C19H20N2O2. The van der Waals surface area contributed by atoms with E-state index in [0.29, 0.717) is 5.56 Å². The minimum absolute atomic E-state index is 0.0505. The first-order chi connectivity index (χ1) is 11.2. The third kappa shape index (κ3) is 2.63. The van der Waals surface area contributed by atoms with Gasteiger partial charge in [0.25, 0.3) is 0 Å². The Hall–Kier alpha value is -2.88. The number of rotatable bonds is 1. The second-order valence-electron chi connectivity index (χ2n) is 5.17. The zero-order valence-electron chi connectivity index (χ0n) is 13.2. The molecule has 3 aromatic carbocycles. The maximum Gasteiger partial charge on any atom is 0.127 e. The molecule has 0 saturated heterocycles. The molecule has 1 heterocycles. The molecule has 23 heavy (non-hydrogen) atoms. The van der Waals surface area contributed by atoms with Crippen molar-refractivity contribution in [3.63, 3.8) is 0 Å². The Balaban J connectivity index is 0.000000753. The van der Waals surface area contributed by atoms with Gasteiger partial charge in [0, 0.05) is 28.4 Å². The maximum atomic E-state index is 10.0. The summed E-state index contributed by atoms with van der Waals surface area (Å²) in [5.41, 5.74) is 2.75. The van der Waals surface area contributed by atoms with Gasteiger partial charge in [-0.3, -0.25) is 0 Å². The van der Waals surface area contributed by atoms with Crippen LogP contribution in [0, 0.1) is 0 Å². The van der Waals surface area contributed by atoms with E-state index < -0.39 is 0 Å². The Morgan fingerprint density at radius 1 is 0.826 bits per heavy atom. The summed E-state index contributed by atoms with van der Waals surface area (Å²) < 4.78 is 0. The van der Waals surface area contributed by atoms with Crippen LogP contribution < -0.4 is 10.6 Å². The first-order valence-electron chi connectivity index (χ1n) is 7.79. The molecule has 0 amide bonds. The lowest BCUT2D eigenvalue weighted by molar-refractivity contribution is 0.444. The summed E-state index contributed by atoms with van der Waals surface area (Å²) >= 11 is 0. The van der Waals surface area contributed by atoms with Crippen LogP contribution in [0.2, 0.25) is 0 Å². The van der Waals surface area contributed by atoms with Crippen molar-refractivity contribution in [2.75, 3.05) is 10.6 Å². The van der Waals surface area contributed by atoms with Crippen molar-refractivity contribution >= 4 is 22.1 Å². The fourth-order valence-electron chi connectivity index (χ4n) is 2.86. The number of aromatic hydroxyl groups is 2. The van der Waals surface area contributed by atoms with Crippen molar-refractivity contribution in [1.82, 2.24) is 0 Å². The average molecular weight is 308 g/mol. The van der Waals surface area contributed by atoms with Crippen molar-refractivity contribution in [1.29, 1.82) is 0 Å². The summed E-state index contributed by atoms with van der Waals surface area (Å²) in [6.07, 6.45) is -0.244. The van der Waals surface area contributed by atoms with Crippen LogP contribution in [0.25, 0.3) is 10.8 Å². The summed E-state index contributed by atoms with van der Waals surface area (Å²) in [5, 5.41) is 28.5. The van der Waals surface area contributed by atoms with Gasteiger partial charge in [-0.15, -0.1) is 0 Å². The fraction of sp³-hybridized carbons (Fsp3) is 0.158. The van der Waals surface area contributed by atoms with E-state index in [1.807, 2.05) is 38.1 Å². The normalized spacial score (nSPS) is 12.8. The number of hydrogen-bond acceptors (Lipinski definition) is 4. The van der Waals surface area contributed by atoms with Gasteiger partial charge in [0.15, 0.2) is 0 Å². The van der Waals surface area contributed by atoms with E-state index >= 15 is 0 Å². The molecule has 0 aromatic heterocycles. The molecule has 0 aliphatic carbocycles. The molecule has 0 radical (unpaired) electrons. The van der Waals surface area contributed by atoms with Crippen LogP contribution in [0.15, 0.2) is 54.6 Å². The molecule has 4 nitrogen and oxygen atoms in total. The van der Waals surface area contributed by atoms with Crippen LogP contribution in [0.5, 0.6) is 11.5 Å². The zero-order valence-corrected chi connectivity index (χ0v) is 13.2. The van der Waals surface area contributed by atoms with Crippen molar-refractivity contribution in [3.8, 4) is 11.5 Å². The third-order valence-corrected chi connectivity index (χ3v) is 3.83. The predicted molar refractivity (Wildman–Crippen MR) is 95.1 cm³/mol. The molecule has 0 spiro atoms. The van der Waals surface area contributed by atoms with Gasteiger partial charge in [0.05, 0.1) is 0 Å². The summed E-state index contributed by atoms with van der Waals surface area (Å²) in [4.78, 5) is 0. The van der Waals surface area contributed by atoms with E-state index in [-0.39, 0.29) is 17.7 Å². The molecule has 1 aliphatic heterocycles. The lowest BCUT2D eigenvalue weighted by Crippen LogP contribution is -2.23. The SMILES string of the molecule is CC.Oc1ccc(C2Nc3cccc4cccc(c34)N2)c(O)c1. The van der Waals surface area contributed by atoms with E-state index in [0.717, 1.165) is 16.8 Å². The van der Waals surface area contributed by atoms with Crippen LogP contribution in [0.1, 0.15) is 25.6 Å². The van der Waals surface area contributed by atoms with Crippen LogP contribution in [-0.4, -0.2) is 10.2 Å². The van der Waals surface area contributed by atoms with Crippen LogP contribution >= 0.6 is 0 Å². The van der Waals surface area contributed by atoms with E-state index in [4.69, 9.17) is 0 Å². The van der Waals surface area contributed by atoms with Gasteiger partial charge in [0.2, 0.25) is 0 Å². The Morgan fingerprint density at radius 3 is 2.00 bits per heavy atom. The molecule has 118 valence electrons. The van der Waals surface area contributed by atoms with Crippen molar-refractivity contribution in [2.24, 2.45) is 0 Å². The first kappa shape index (κ1) is 15.0. The van der Waals surface area contributed by atoms with Gasteiger partial charge >= 0.3 is 0 Å². The highest BCUT2D eigenvalue weighted by atomic mass is 16.3. The molecule has 0 unspecified atom stereocenters. The van der Waals surface area contributed by atoms with Crippen LogP contribution in [0.3, 0.4) is 0 Å². The highest BCUT2D eigenvalue weighted by Gasteiger charge is 2.22. The first-order valence-corrected chi connectivity index (χ1v) is 7.79. The summed E-state index contributed by atoms with van der Waals surface area (Å²) in [6, 6.07) is 16.8. The lowest BCUT2D eigenvalue weighted by atomic mass is 10.0. The Morgan fingerprint density at radius 2 is 1.43 bits per heavy atom. The minimum atomic E-state index is -0.244. The van der Waals surface area contributed by atoms with Gasteiger partial charge in [-0.1, -0.05) is 38.1 Å². The molecule has 0 bridgehead atoms. The number of benzene rings is 3. The number of nitrogens with one attached hydrogen (secondary N) is 2. The molecule has 4 rings (SSSR count). The average Bonchev–Trinajstić information content (AvgIpc) is 2.57. The summed E-state index contributed by atoms with van der Waals surface area (Å²) in [5.74, 6) is 0.112. The van der Waals surface area contributed by atoms with Gasteiger partial charge in [-0.25, -0.2) is 0 Å². The van der Waals surface area contributed by atoms with Crippen molar-refractivity contribution in [2.45, 2.75) is 20.0 Å². The number of anilines is 2. The van der Waals surface area contributed by atoms with E-state index in [9.17, 15) is 10.2 Å². The number of phenolic OH excluding ortho intramolecular Hbond substituents is 2. The Labute approximate surface area is 135 Å². The quantitative estimate of drug-likeness (QED) is 0.521. The standard InChI is InChI=1S/C17H14N2O2.C2H6/c20-11-7-8-12(15(21)9-11)17-18-13-5-1-3-10-4-2-6-14(19-17)16(10)13;1-2/h1-9,17-21H;1-2H3. The molecule has 4 heteroatoms. The highest BCUT2D eigenvalue weighted by Crippen LogP contribution is 2.40. The topological polar surface area (TPSA) is 64.5 Å². The predicted octanol–water partition coefficient (Wildman–Crippen LogP) is 4.81. The van der Waals surface area contributed by atoms with Gasteiger partial charge in [-0.05, 0) is 29.7 Å². The third-order valence-electron chi connectivity index (χ3n) is 3.83. The molecule has 4 N–H and O–H groups in total. The van der Waals surface area contributed by atoms with E-state index in [2.05, 4.69) is 22.8 Å². The monoisotopic (exact) mass is 308 g/mol. The van der Waals surface area contributed by atoms with Crippen molar-refractivity contribution in [3.05, 3.63) is 60.2 Å². The maximum absolute atomic E-state index is 10.0. The summed E-state index contributed by atoms with van der Waals surface area (Å²) in [6.45, 7) is 4.00. The van der Waals surface area contributed by atoms with E-state index in [1.165, 1.54) is 11.5 Å². The fourth-order valence-corrected chi connectivity index (χ4v) is 2.86. The molecule has 1 aliphatic rings. The lowest BCUT2D eigenvalue weighted by Gasteiger charge is -2.30. The largest absolute Gasteiger partial charge is 0.508 e. The number of hydrogen-bond donors (Lipinski definition) is 4. The van der Waals surface area contributed by atoms with E-state index in [1.54, 1.807) is 12.1 Å². The highest BCUT2D eigenvalue weighted by molar-refractivity contribution is 6.04. The molecule has 0 atom stereocenters. The van der Waals surface area contributed by atoms with Crippen LogP contribution in [0.4, 0.5) is 11.4 Å². The Bertz CT molecular complexity index is 805. The smallest absolute Gasteiger partial charge is 0.127 e. The Kier molecular flexibility index (Phi) is 3.98. The molecule has 0 saturated carbocycles. The molecule has 3 aromatic rings. The van der Waals surface area contributed by atoms with Crippen molar-refractivity contribution < 1.29 is 10.2 Å². The summed E-state index contributed by atoms with van der Waals surface area (Å²) in [7, 11) is 0. The zero-order chi connectivity index (χ0) is 16.4. The van der Waals surface area contributed by atoms with Gasteiger partial charge in [-0.2, -0.15) is 0 Å². The number of phenols is 2. The molecular weight excluding hydrogens is 288 g/mol. The van der Waals surface area contributed by atoms with Gasteiger partial charge in [0.1, 0.15) is 17.7 Å². The molecule has 0 fully saturated rings. The van der Waals surface area contributed by atoms with Gasteiger partial charge < -0.3 is 20.8 Å². The van der Waals surface area contributed by atoms with Crippen LogP contribution in [-0.2, 0) is 0 Å².